The summed E-state index contributed by atoms with van der Waals surface area (Å²) in [6, 6.07) is 0. The molecule has 4 rings (SSSR count). The van der Waals surface area contributed by atoms with Crippen LogP contribution in [0.5, 0.6) is 0 Å². The van der Waals surface area contributed by atoms with E-state index in [1.807, 2.05) is 0 Å². The lowest BCUT2D eigenvalue weighted by Crippen LogP contribution is -2.75. The maximum atomic E-state index is 13.8. The number of fused-ring (bicyclic) bond motifs is 3. The fourth-order valence-electron chi connectivity index (χ4n) is 5.93. The number of carbonyl (C=O) groups is 4. The second-order valence-electron chi connectivity index (χ2n) is 9.93. The third-order valence-corrected chi connectivity index (χ3v) is 7.68. The van der Waals surface area contributed by atoms with Crippen LogP contribution in [0.2, 0.25) is 0 Å². The molecule has 8 nitrogen and oxygen atoms in total. The molecule has 0 spiro atoms. The summed E-state index contributed by atoms with van der Waals surface area (Å²) in [6.07, 6.45) is 12.0. The first-order valence-electron chi connectivity index (χ1n) is 11.7. The lowest BCUT2D eigenvalue weighted by atomic mass is 9.40. The van der Waals surface area contributed by atoms with Gasteiger partial charge in [0.05, 0.1) is 5.57 Å². The Hall–Kier alpha value is -3.52. The number of rotatable bonds is 6. The van der Waals surface area contributed by atoms with Gasteiger partial charge in [0.25, 0.3) is 0 Å². The standard InChI is InChI=1S/C28H32O8/c1-7-9-11-13-16(29)18-20-21(28(6)22(31)15(3)24(33)36-28)19(17(30)14-12-10-8-2)26(4,23(18)32)25(34)27(20,5)35/h7-14,19-21,29,31,35H,1-6H3/b9-7+,10-8+,13-11+,14-12+,18-16+/t19-,20+,21-,26+,27-,28-/m0/s1. The summed E-state index contributed by atoms with van der Waals surface area (Å²) >= 11 is 0. The van der Waals surface area contributed by atoms with Gasteiger partial charge in [0, 0.05) is 23.3 Å². The summed E-state index contributed by atoms with van der Waals surface area (Å²) in [7, 11) is 0. The van der Waals surface area contributed by atoms with Crippen LogP contribution in [0, 0.1) is 23.2 Å². The van der Waals surface area contributed by atoms with Gasteiger partial charge in [0.2, 0.25) is 0 Å². The Morgan fingerprint density at radius 1 is 0.972 bits per heavy atom. The minimum Gasteiger partial charge on any atom is -0.508 e. The van der Waals surface area contributed by atoms with Crippen LogP contribution >= 0.6 is 0 Å². The van der Waals surface area contributed by atoms with Crippen LogP contribution in [0.15, 0.2) is 71.3 Å². The van der Waals surface area contributed by atoms with Crippen molar-refractivity contribution in [3.63, 3.8) is 0 Å². The first-order valence-corrected chi connectivity index (χ1v) is 11.7. The Morgan fingerprint density at radius 3 is 2.03 bits per heavy atom. The maximum absolute atomic E-state index is 13.8. The van der Waals surface area contributed by atoms with Crippen molar-refractivity contribution in [2.45, 2.75) is 52.7 Å². The number of cyclic esters (lactones) is 1. The first-order chi connectivity index (χ1) is 16.7. The van der Waals surface area contributed by atoms with Gasteiger partial charge in [-0.05, 0) is 53.7 Å². The average molecular weight is 497 g/mol. The Balaban J connectivity index is 2.41. The van der Waals surface area contributed by atoms with E-state index in [2.05, 4.69) is 0 Å². The van der Waals surface area contributed by atoms with E-state index in [1.54, 1.807) is 38.2 Å². The van der Waals surface area contributed by atoms with E-state index >= 15 is 0 Å². The van der Waals surface area contributed by atoms with E-state index in [-0.39, 0.29) is 11.1 Å². The van der Waals surface area contributed by atoms with E-state index in [0.29, 0.717) is 0 Å². The molecule has 6 atom stereocenters. The number of esters is 1. The summed E-state index contributed by atoms with van der Waals surface area (Å²) in [6.45, 7) is 8.72. The number of ether oxygens (including phenoxy) is 1. The molecule has 0 amide bonds. The minimum absolute atomic E-state index is 0.0835. The molecule has 0 aromatic heterocycles. The summed E-state index contributed by atoms with van der Waals surface area (Å²) in [5.41, 5.74) is -6.53. The van der Waals surface area contributed by atoms with Gasteiger partial charge in [-0.1, -0.05) is 36.5 Å². The molecule has 1 heterocycles. The van der Waals surface area contributed by atoms with Crippen molar-refractivity contribution in [2.24, 2.45) is 23.2 Å². The Bertz CT molecular complexity index is 1210. The summed E-state index contributed by atoms with van der Waals surface area (Å²) in [5, 5.41) is 33.5. The molecule has 3 aliphatic carbocycles. The predicted molar refractivity (Wildman–Crippen MR) is 132 cm³/mol. The van der Waals surface area contributed by atoms with Crippen LogP contribution in [-0.4, -0.2) is 49.8 Å². The van der Waals surface area contributed by atoms with E-state index in [4.69, 9.17) is 4.74 Å². The minimum atomic E-state index is -2.22. The van der Waals surface area contributed by atoms with Gasteiger partial charge in [-0.15, -0.1) is 0 Å². The van der Waals surface area contributed by atoms with Crippen molar-refractivity contribution in [1.82, 2.24) is 0 Å². The highest BCUT2D eigenvalue weighted by molar-refractivity contribution is 6.24. The molecule has 36 heavy (non-hydrogen) atoms. The van der Waals surface area contributed by atoms with E-state index in [0.717, 1.165) is 0 Å². The number of hydrogen-bond donors (Lipinski definition) is 3. The molecule has 4 aliphatic rings. The van der Waals surface area contributed by atoms with E-state index < -0.39 is 69.2 Å². The first kappa shape index (κ1) is 27.1. The topological polar surface area (TPSA) is 138 Å². The van der Waals surface area contributed by atoms with Crippen LogP contribution in [0.4, 0.5) is 0 Å². The second kappa shape index (κ2) is 9.17. The predicted octanol–water partition coefficient (Wildman–Crippen LogP) is 3.55. The van der Waals surface area contributed by atoms with Crippen molar-refractivity contribution in [3.05, 3.63) is 71.3 Å². The SMILES string of the molecule is C/C=C/C=C/C(=O)[C@H]1[C@H]([C@]2(C)OC(=O)C(C)=C2O)[C@H]2/C(=C(O)/C=C/C=C/C)C(=O)[C@]1(C)C(=O)[C@@]2(C)O. The quantitative estimate of drug-likeness (QED) is 0.167. The molecule has 0 aromatic rings. The van der Waals surface area contributed by atoms with E-state index in [1.165, 1.54) is 52.0 Å². The number of hydrogen-bond acceptors (Lipinski definition) is 8. The van der Waals surface area contributed by atoms with E-state index in [9.17, 15) is 34.5 Å². The highest BCUT2D eigenvalue weighted by Gasteiger charge is 2.77. The number of allylic oxidation sites excluding steroid dienone is 8. The van der Waals surface area contributed by atoms with Crippen LogP contribution < -0.4 is 0 Å². The fraction of sp³-hybridized carbons (Fsp3) is 0.429. The number of aliphatic hydroxyl groups is 3. The highest BCUT2D eigenvalue weighted by atomic mass is 16.6. The van der Waals surface area contributed by atoms with Gasteiger partial charge in [-0.2, -0.15) is 0 Å². The summed E-state index contributed by atoms with van der Waals surface area (Å²) in [4.78, 5) is 53.5. The third kappa shape index (κ3) is 3.63. The van der Waals surface area contributed by atoms with Crippen LogP contribution in [0.1, 0.15) is 41.5 Å². The molecule has 1 aliphatic heterocycles. The largest absolute Gasteiger partial charge is 0.508 e. The number of Topliss-reactive ketones (excluding diaryl/α,β-unsaturated/α-hetero) is 2. The molecule has 192 valence electrons. The molecule has 0 unspecified atom stereocenters. The second-order valence-corrected chi connectivity index (χ2v) is 9.93. The van der Waals surface area contributed by atoms with Gasteiger partial charge in [0.15, 0.2) is 23.0 Å². The molecule has 0 aromatic carbocycles. The zero-order valence-corrected chi connectivity index (χ0v) is 21.2. The number of aliphatic hydroxyl groups excluding tert-OH is 2. The molecular formula is C28H32O8. The average Bonchev–Trinajstić information content (AvgIpc) is 3.01. The van der Waals surface area contributed by atoms with Crippen molar-refractivity contribution in [2.75, 3.05) is 0 Å². The molecule has 3 saturated carbocycles. The molecule has 0 radical (unpaired) electrons. The van der Waals surface area contributed by atoms with Gasteiger partial charge in [-0.3, -0.25) is 14.4 Å². The molecule has 3 N–H and O–H groups in total. The Kier molecular flexibility index (Phi) is 6.89. The normalized spacial score (nSPS) is 38.4. The third-order valence-electron chi connectivity index (χ3n) is 7.68. The molecule has 2 bridgehead atoms. The van der Waals surface area contributed by atoms with Gasteiger partial charge in [0.1, 0.15) is 22.5 Å². The fourth-order valence-corrected chi connectivity index (χ4v) is 5.93. The van der Waals surface area contributed by atoms with Gasteiger partial charge in [-0.25, -0.2) is 4.79 Å². The van der Waals surface area contributed by atoms with Crippen molar-refractivity contribution in [3.8, 4) is 0 Å². The van der Waals surface area contributed by atoms with Crippen molar-refractivity contribution >= 4 is 23.3 Å². The zero-order valence-electron chi connectivity index (χ0n) is 21.2. The van der Waals surface area contributed by atoms with Crippen LogP contribution in [0.3, 0.4) is 0 Å². The van der Waals surface area contributed by atoms with Crippen molar-refractivity contribution < 1.29 is 39.2 Å². The summed E-state index contributed by atoms with van der Waals surface area (Å²) < 4.78 is 5.59. The summed E-state index contributed by atoms with van der Waals surface area (Å²) in [5.74, 6) is -8.17. The number of carbonyl (C=O) groups excluding carboxylic acids is 4. The number of ketones is 3. The monoisotopic (exact) mass is 496 g/mol. The zero-order chi connectivity index (χ0) is 27.2. The lowest BCUT2D eigenvalue weighted by Gasteiger charge is -2.60. The lowest BCUT2D eigenvalue weighted by molar-refractivity contribution is -0.203. The van der Waals surface area contributed by atoms with Gasteiger partial charge < -0.3 is 20.1 Å². The smallest absolute Gasteiger partial charge is 0.338 e. The van der Waals surface area contributed by atoms with Crippen LogP contribution in [-0.2, 0) is 23.9 Å². The van der Waals surface area contributed by atoms with Crippen molar-refractivity contribution in [1.29, 1.82) is 0 Å². The highest BCUT2D eigenvalue weighted by Crippen LogP contribution is 2.64. The van der Waals surface area contributed by atoms with Crippen LogP contribution in [0.25, 0.3) is 0 Å². The molecular weight excluding hydrogens is 464 g/mol. The molecule has 0 saturated heterocycles. The van der Waals surface area contributed by atoms with Gasteiger partial charge >= 0.3 is 5.97 Å². The molecule has 8 heteroatoms. The Labute approximate surface area is 210 Å². The molecule has 3 fully saturated rings. The Morgan fingerprint density at radius 2 is 1.53 bits per heavy atom. The maximum Gasteiger partial charge on any atom is 0.338 e.